The third kappa shape index (κ3) is 2.50. The highest BCUT2D eigenvalue weighted by Crippen LogP contribution is 2.06. The van der Waals surface area contributed by atoms with Gasteiger partial charge in [-0.1, -0.05) is 12.0 Å². The zero-order valence-electron chi connectivity index (χ0n) is 7.03. The Bertz CT molecular complexity index is 236. The fraction of sp³-hybridized carbons (Fsp3) is 0.714. The third-order valence-electron chi connectivity index (χ3n) is 1.65. The molecule has 5 nitrogen and oxygen atoms in total. The summed E-state index contributed by atoms with van der Waals surface area (Å²) in [6, 6.07) is 0.0796. The number of hydrogen-bond acceptors (Lipinski definition) is 5. The van der Waals surface area contributed by atoms with Gasteiger partial charge in [0.15, 0.2) is 0 Å². The van der Waals surface area contributed by atoms with E-state index in [-0.39, 0.29) is 12.1 Å². The zero-order chi connectivity index (χ0) is 8.97. The molecule has 5 heteroatoms. The average molecular weight is 171 g/mol. The van der Waals surface area contributed by atoms with Crippen molar-refractivity contribution < 1.29 is 9.52 Å². The fourth-order valence-corrected chi connectivity index (χ4v) is 0.862. The number of hydrogen-bond donors (Lipinski definition) is 2. The van der Waals surface area contributed by atoms with Crippen molar-refractivity contribution in [2.24, 2.45) is 0 Å². The van der Waals surface area contributed by atoms with Gasteiger partial charge in [-0.3, -0.25) is 0 Å². The number of anilines is 1. The highest BCUT2D eigenvalue weighted by molar-refractivity contribution is 5.04. The van der Waals surface area contributed by atoms with Crippen molar-refractivity contribution in [1.82, 2.24) is 10.2 Å². The SMILES string of the molecule is CCC(O)CCc1nnc(N)o1. The van der Waals surface area contributed by atoms with Crippen molar-refractivity contribution in [3.8, 4) is 0 Å². The summed E-state index contributed by atoms with van der Waals surface area (Å²) in [7, 11) is 0. The van der Waals surface area contributed by atoms with E-state index < -0.39 is 0 Å². The van der Waals surface area contributed by atoms with Gasteiger partial charge in [-0.25, -0.2) is 0 Å². The molecule has 0 amide bonds. The highest BCUT2D eigenvalue weighted by atomic mass is 16.4. The molecule has 3 N–H and O–H groups in total. The van der Waals surface area contributed by atoms with Gasteiger partial charge < -0.3 is 15.3 Å². The van der Waals surface area contributed by atoms with Gasteiger partial charge >= 0.3 is 6.01 Å². The third-order valence-corrected chi connectivity index (χ3v) is 1.65. The van der Waals surface area contributed by atoms with E-state index in [4.69, 9.17) is 10.2 Å². The van der Waals surface area contributed by atoms with Crippen LogP contribution in [0.15, 0.2) is 4.42 Å². The Morgan fingerprint density at radius 2 is 2.33 bits per heavy atom. The van der Waals surface area contributed by atoms with Gasteiger partial charge in [-0.15, -0.1) is 5.10 Å². The van der Waals surface area contributed by atoms with E-state index >= 15 is 0 Å². The summed E-state index contributed by atoms with van der Waals surface area (Å²) in [5, 5.41) is 16.4. The molecule has 0 aromatic carbocycles. The second kappa shape index (κ2) is 4.06. The maximum Gasteiger partial charge on any atom is 0.312 e. The maximum atomic E-state index is 9.20. The summed E-state index contributed by atoms with van der Waals surface area (Å²) in [6.07, 6.45) is 1.67. The molecule has 0 spiro atoms. The Morgan fingerprint density at radius 3 is 2.83 bits per heavy atom. The molecule has 0 radical (unpaired) electrons. The van der Waals surface area contributed by atoms with Crippen molar-refractivity contribution in [1.29, 1.82) is 0 Å². The number of nitrogen functional groups attached to an aromatic ring is 1. The van der Waals surface area contributed by atoms with E-state index in [2.05, 4.69) is 10.2 Å². The van der Waals surface area contributed by atoms with E-state index in [1.165, 1.54) is 0 Å². The Kier molecular flexibility index (Phi) is 3.04. The van der Waals surface area contributed by atoms with Gasteiger partial charge in [0.25, 0.3) is 0 Å². The van der Waals surface area contributed by atoms with Gasteiger partial charge in [0.05, 0.1) is 6.10 Å². The molecule has 1 atom stereocenters. The minimum Gasteiger partial charge on any atom is -0.408 e. The lowest BCUT2D eigenvalue weighted by Crippen LogP contribution is -2.05. The van der Waals surface area contributed by atoms with Gasteiger partial charge in [0.2, 0.25) is 5.89 Å². The van der Waals surface area contributed by atoms with E-state index in [1.54, 1.807) is 0 Å². The van der Waals surface area contributed by atoms with E-state index in [1.807, 2.05) is 6.92 Å². The molecule has 1 rings (SSSR count). The predicted molar refractivity (Wildman–Crippen MR) is 43.3 cm³/mol. The van der Waals surface area contributed by atoms with Crippen LogP contribution in [0.3, 0.4) is 0 Å². The van der Waals surface area contributed by atoms with Crippen LogP contribution in [0.2, 0.25) is 0 Å². The van der Waals surface area contributed by atoms with Crippen LogP contribution < -0.4 is 5.73 Å². The van der Waals surface area contributed by atoms with Crippen LogP contribution in [-0.4, -0.2) is 21.4 Å². The second-order valence-corrected chi connectivity index (χ2v) is 2.63. The maximum absolute atomic E-state index is 9.20. The van der Waals surface area contributed by atoms with Crippen molar-refractivity contribution >= 4 is 6.01 Å². The first kappa shape index (κ1) is 8.99. The number of rotatable bonds is 4. The molecule has 0 bridgehead atoms. The Hall–Kier alpha value is -1.10. The number of aromatic nitrogens is 2. The molecule has 68 valence electrons. The molecular formula is C7H13N3O2. The normalized spacial score (nSPS) is 13.2. The quantitative estimate of drug-likeness (QED) is 0.683. The number of aliphatic hydroxyl groups excluding tert-OH is 1. The molecular weight excluding hydrogens is 158 g/mol. The zero-order valence-corrected chi connectivity index (χ0v) is 7.03. The van der Waals surface area contributed by atoms with Crippen LogP contribution in [0.25, 0.3) is 0 Å². The summed E-state index contributed by atoms with van der Waals surface area (Å²) in [5.41, 5.74) is 5.21. The van der Waals surface area contributed by atoms with Crippen LogP contribution in [0.5, 0.6) is 0 Å². The molecule has 0 aliphatic heterocycles. The first-order valence-electron chi connectivity index (χ1n) is 3.98. The first-order chi connectivity index (χ1) is 5.72. The number of nitrogens with two attached hydrogens (primary N) is 1. The highest BCUT2D eigenvalue weighted by Gasteiger charge is 2.06. The van der Waals surface area contributed by atoms with Crippen LogP contribution in [0, 0.1) is 0 Å². The minimum absolute atomic E-state index is 0.0796. The van der Waals surface area contributed by atoms with Gasteiger partial charge in [-0.2, -0.15) is 0 Å². The molecule has 1 unspecified atom stereocenters. The monoisotopic (exact) mass is 171 g/mol. The Balaban J connectivity index is 2.33. The summed E-state index contributed by atoms with van der Waals surface area (Å²) < 4.78 is 4.92. The molecule has 0 aliphatic carbocycles. The molecule has 0 saturated heterocycles. The van der Waals surface area contributed by atoms with Crippen molar-refractivity contribution in [3.05, 3.63) is 5.89 Å². The lowest BCUT2D eigenvalue weighted by Gasteiger charge is -2.03. The average Bonchev–Trinajstić information content (AvgIpc) is 2.47. The summed E-state index contributed by atoms with van der Waals surface area (Å²) >= 11 is 0. The van der Waals surface area contributed by atoms with Crippen LogP contribution in [-0.2, 0) is 6.42 Å². The fourth-order valence-electron chi connectivity index (χ4n) is 0.862. The number of aryl methyl sites for hydroxylation is 1. The Morgan fingerprint density at radius 1 is 1.58 bits per heavy atom. The number of nitrogens with zero attached hydrogens (tertiary/aromatic N) is 2. The lowest BCUT2D eigenvalue weighted by atomic mass is 10.1. The summed E-state index contributed by atoms with van der Waals surface area (Å²) in [5.74, 6) is 0.486. The summed E-state index contributed by atoms with van der Waals surface area (Å²) in [4.78, 5) is 0. The van der Waals surface area contributed by atoms with E-state index in [0.29, 0.717) is 18.7 Å². The second-order valence-electron chi connectivity index (χ2n) is 2.63. The molecule has 1 aromatic rings. The molecule has 1 aromatic heterocycles. The minimum atomic E-state index is -0.293. The molecule has 0 fully saturated rings. The predicted octanol–water partition coefficient (Wildman–Crippen LogP) is 0.355. The summed E-state index contributed by atoms with van der Waals surface area (Å²) in [6.45, 7) is 1.92. The molecule has 0 saturated carbocycles. The van der Waals surface area contributed by atoms with Crippen molar-refractivity contribution in [2.75, 3.05) is 5.73 Å². The van der Waals surface area contributed by atoms with E-state index in [0.717, 1.165) is 6.42 Å². The number of aliphatic hydroxyl groups is 1. The standard InChI is InChI=1S/C7H13N3O2/c1-2-5(11)3-4-6-9-10-7(8)12-6/h5,11H,2-4H2,1H3,(H2,8,10). The van der Waals surface area contributed by atoms with Crippen LogP contribution >= 0.6 is 0 Å². The van der Waals surface area contributed by atoms with Gasteiger partial charge in [-0.05, 0) is 12.8 Å². The first-order valence-corrected chi connectivity index (χ1v) is 3.98. The van der Waals surface area contributed by atoms with Gasteiger partial charge in [0.1, 0.15) is 0 Å². The topological polar surface area (TPSA) is 85.2 Å². The van der Waals surface area contributed by atoms with Crippen molar-refractivity contribution in [2.45, 2.75) is 32.3 Å². The van der Waals surface area contributed by atoms with Crippen LogP contribution in [0.1, 0.15) is 25.7 Å². The molecule has 1 heterocycles. The lowest BCUT2D eigenvalue weighted by molar-refractivity contribution is 0.158. The van der Waals surface area contributed by atoms with Crippen LogP contribution in [0.4, 0.5) is 6.01 Å². The van der Waals surface area contributed by atoms with E-state index in [9.17, 15) is 5.11 Å². The van der Waals surface area contributed by atoms with Crippen molar-refractivity contribution in [3.63, 3.8) is 0 Å². The van der Waals surface area contributed by atoms with Gasteiger partial charge in [0, 0.05) is 6.42 Å². The molecule has 0 aliphatic rings. The smallest absolute Gasteiger partial charge is 0.312 e. The Labute approximate surface area is 70.6 Å². The molecule has 12 heavy (non-hydrogen) atoms. The largest absolute Gasteiger partial charge is 0.408 e.